The van der Waals surface area contributed by atoms with E-state index in [0.29, 0.717) is 6.04 Å². The summed E-state index contributed by atoms with van der Waals surface area (Å²) < 4.78 is 0. The summed E-state index contributed by atoms with van der Waals surface area (Å²) in [7, 11) is 0. The Hall–Kier alpha value is -0.280. The molecule has 1 aromatic carbocycles. The third-order valence-corrected chi connectivity index (χ3v) is 4.34. The average molecular weight is 301 g/mol. The van der Waals surface area contributed by atoms with Crippen LogP contribution in [0.3, 0.4) is 0 Å². The normalized spacial score (nSPS) is 19.9. The molecule has 0 radical (unpaired) electrons. The van der Waals surface area contributed by atoms with Crippen molar-refractivity contribution in [2.45, 2.75) is 38.8 Å². The Morgan fingerprint density at radius 2 is 2.16 bits per heavy atom. The number of nitrogens with zero attached hydrogens (tertiary/aromatic N) is 1. The van der Waals surface area contributed by atoms with Crippen LogP contribution in [0.4, 0.5) is 0 Å². The molecule has 0 saturated carbocycles. The zero-order valence-electron chi connectivity index (χ0n) is 11.5. The second-order valence-corrected chi connectivity index (χ2v) is 6.05. The van der Waals surface area contributed by atoms with Gasteiger partial charge in [0, 0.05) is 29.2 Å². The predicted octanol–water partition coefficient (Wildman–Crippen LogP) is 3.96. The molecule has 19 heavy (non-hydrogen) atoms. The van der Waals surface area contributed by atoms with E-state index in [0.717, 1.165) is 41.8 Å². The van der Waals surface area contributed by atoms with Crippen molar-refractivity contribution in [2.75, 3.05) is 19.6 Å². The van der Waals surface area contributed by atoms with Gasteiger partial charge in [-0.25, -0.2) is 0 Å². The molecule has 2 rings (SSSR count). The molecule has 1 aromatic rings. The highest BCUT2D eigenvalue weighted by atomic mass is 35.5. The van der Waals surface area contributed by atoms with Crippen LogP contribution in [0.5, 0.6) is 0 Å². The molecule has 0 aliphatic carbocycles. The lowest BCUT2D eigenvalue weighted by Crippen LogP contribution is -2.43. The van der Waals surface area contributed by atoms with Gasteiger partial charge in [-0.1, -0.05) is 36.5 Å². The minimum atomic E-state index is 0.617. The first-order valence-corrected chi connectivity index (χ1v) is 7.84. The van der Waals surface area contributed by atoms with Crippen LogP contribution in [0.25, 0.3) is 0 Å². The molecule has 1 fully saturated rings. The van der Waals surface area contributed by atoms with Crippen molar-refractivity contribution in [3.05, 3.63) is 33.8 Å². The molecule has 1 saturated heterocycles. The fraction of sp³-hybridized carbons (Fsp3) is 0.600. The van der Waals surface area contributed by atoms with E-state index in [4.69, 9.17) is 23.2 Å². The second kappa shape index (κ2) is 7.49. The van der Waals surface area contributed by atoms with Gasteiger partial charge in [-0.2, -0.15) is 0 Å². The summed E-state index contributed by atoms with van der Waals surface area (Å²) in [5.74, 6) is 0. The van der Waals surface area contributed by atoms with Gasteiger partial charge in [0.2, 0.25) is 0 Å². The Kier molecular flexibility index (Phi) is 5.96. The Bertz CT molecular complexity index is 403. The Balaban J connectivity index is 1.95. The molecule has 1 aliphatic heterocycles. The number of halogens is 2. The monoisotopic (exact) mass is 300 g/mol. The molecule has 1 heterocycles. The summed E-state index contributed by atoms with van der Waals surface area (Å²) in [5, 5.41) is 5.16. The van der Waals surface area contributed by atoms with Gasteiger partial charge in [-0.15, -0.1) is 0 Å². The van der Waals surface area contributed by atoms with Crippen LogP contribution < -0.4 is 5.32 Å². The standard InChI is InChI=1S/C15H22Cl2N2/c1-2-19(11-14-5-3-4-8-18-14)10-12-9-13(16)6-7-15(12)17/h6-7,9,14,18H,2-5,8,10-11H2,1H3. The van der Waals surface area contributed by atoms with Gasteiger partial charge in [0.15, 0.2) is 0 Å². The molecule has 0 aromatic heterocycles. The molecule has 1 aliphatic rings. The van der Waals surface area contributed by atoms with Crippen LogP contribution in [0.1, 0.15) is 31.7 Å². The third-order valence-electron chi connectivity index (χ3n) is 3.74. The SMILES string of the molecule is CCN(Cc1cc(Cl)ccc1Cl)CC1CCCCN1. The number of hydrogen-bond acceptors (Lipinski definition) is 2. The minimum Gasteiger partial charge on any atom is -0.313 e. The van der Waals surface area contributed by atoms with Crippen molar-refractivity contribution in [1.29, 1.82) is 0 Å². The molecule has 2 nitrogen and oxygen atoms in total. The van der Waals surface area contributed by atoms with Crippen molar-refractivity contribution in [1.82, 2.24) is 10.2 Å². The van der Waals surface area contributed by atoms with E-state index in [2.05, 4.69) is 17.1 Å². The molecular weight excluding hydrogens is 279 g/mol. The van der Waals surface area contributed by atoms with Gasteiger partial charge >= 0.3 is 0 Å². The zero-order chi connectivity index (χ0) is 13.7. The van der Waals surface area contributed by atoms with Crippen molar-refractivity contribution < 1.29 is 0 Å². The first-order valence-electron chi connectivity index (χ1n) is 7.08. The summed E-state index contributed by atoms with van der Waals surface area (Å²) in [4.78, 5) is 2.43. The van der Waals surface area contributed by atoms with Gasteiger partial charge in [0.05, 0.1) is 0 Å². The van der Waals surface area contributed by atoms with E-state index in [9.17, 15) is 0 Å². The Morgan fingerprint density at radius 1 is 1.32 bits per heavy atom. The summed E-state index contributed by atoms with van der Waals surface area (Å²) in [6, 6.07) is 6.31. The highest BCUT2D eigenvalue weighted by Gasteiger charge is 2.16. The molecule has 4 heteroatoms. The summed E-state index contributed by atoms with van der Waals surface area (Å²) in [6.07, 6.45) is 3.93. The molecule has 1 N–H and O–H groups in total. The van der Waals surface area contributed by atoms with Crippen LogP contribution in [-0.4, -0.2) is 30.6 Å². The molecule has 106 valence electrons. The summed E-state index contributed by atoms with van der Waals surface area (Å²) in [6.45, 7) is 6.33. The summed E-state index contributed by atoms with van der Waals surface area (Å²) in [5.41, 5.74) is 1.12. The number of likely N-dealkylation sites (N-methyl/N-ethyl adjacent to an activating group) is 1. The number of nitrogens with one attached hydrogen (secondary N) is 1. The third kappa shape index (κ3) is 4.64. The van der Waals surface area contributed by atoms with E-state index >= 15 is 0 Å². The van der Waals surface area contributed by atoms with Gasteiger partial charge in [-0.05, 0) is 49.7 Å². The highest BCUT2D eigenvalue weighted by Crippen LogP contribution is 2.22. The highest BCUT2D eigenvalue weighted by molar-refractivity contribution is 6.33. The van der Waals surface area contributed by atoms with Gasteiger partial charge in [0.1, 0.15) is 0 Å². The van der Waals surface area contributed by atoms with Crippen LogP contribution in [0.15, 0.2) is 18.2 Å². The topological polar surface area (TPSA) is 15.3 Å². The fourth-order valence-electron chi connectivity index (χ4n) is 2.60. The lowest BCUT2D eigenvalue weighted by molar-refractivity contribution is 0.226. The molecular formula is C15H22Cl2N2. The van der Waals surface area contributed by atoms with Gasteiger partial charge < -0.3 is 5.32 Å². The van der Waals surface area contributed by atoms with Gasteiger partial charge in [-0.3, -0.25) is 4.90 Å². The average Bonchev–Trinajstić information content (AvgIpc) is 2.43. The molecule has 0 bridgehead atoms. The van der Waals surface area contributed by atoms with Gasteiger partial charge in [0.25, 0.3) is 0 Å². The quantitative estimate of drug-likeness (QED) is 0.885. The lowest BCUT2D eigenvalue weighted by atomic mass is 10.0. The van der Waals surface area contributed by atoms with E-state index < -0.39 is 0 Å². The minimum absolute atomic E-state index is 0.617. The van der Waals surface area contributed by atoms with Crippen molar-refractivity contribution in [3.63, 3.8) is 0 Å². The van der Waals surface area contributed by atoms with Crippen molar-refractivity contribution >= 4 is 23.2 Å². The number of piperidine rings is 1. The number of hydrogen-bond donors (Lipinski definition) is 1. The van der Waals surface area contributed by atoms with Crippen molar-refractivity contribution in [2.24, 2.45) is 0 Å². The Labute approximate surface area is 126 Å². The number of rotatable bonds is 5. The first kappa shape index (κ1) is 15.1. The molecule has 0 amide bonds. The lowest BCUT2D eigenvalue weighted by Gasteiger charge is -2.30. The fourth-order valence-corrected chi connectivity index (χ4v) is 2.97. The van der Waals surface area contributed by atoms with E-state index in [1.165, 1.54) is 19.3 Å². The van der Waals surface area contributed by atoms with E-state index in [1.54, 1.807) is 0 Å². The molecule has 0 spiro atoms. The molecule has 1 atom stereocenters. The van der Waals surface area contributed by atoms with E-state index in [1.807, 2.05) is 18.2 Å². The van der Waals surface area contributed by atoms with Crippen molar-refractivity contribution in [3.8, 4) is 0 Å². The second-order valence-electron chi connectivity index (χ2n) is 5.21. The maximum atomic E-state index is 6.24. The molecule has 1 unspecified atom stereocenters. The smallest absolute Gasteiger partial charge is 0.0452 e. The Morgan fingerprint density at radius 3 is 2.84 bits per heavy atom. The zero-order valence-corrected chi connectivity index (χ0v) is 13.0. The first-order chi connectivity index (χ1) is 9.19. The van der Waals surface area contributed by atoms with Crippen LogP contribution in [0.2, 0.25) is 10.0 Å². The van der Waals surface area contributed by atoms with Crippen LogP contribution >= 0.6 is 23.2 Å². The summed E-state index contributed by atoms with van der Waals surface area (Å²) >= 11 is 12.3. The number of benzene rings is 1. The van der Waals surface area contributed by atoms with Crippen LogP contribution in [0, 0.1) is 0 Å². The maximum Gasteiger partial charge on any atom is 0.0452 e. The largest absolute Gasteiger partial charge is 0.313 e. The predicted molar refractivity (Wildman–Crippen MR) is 83.1 cm³/mol. The van der Waals surface area contributed by atoms with E-state index in [-0.39, 0.29) is 0 Å². The maximum absolute atomic E-state index is 6.24. The van der Waals surface area contributed by atoms with Crippen LogP contribution in [-0.2, 0) is 6.54 Å².